The molecule has 0 aromatic carbocycles. The van der Waals surface area contributed by atoms with Gasteiger partial charge in [0.25, 0.3) is 0 Å². The van der Waals surface area contributed by atoms with Crippen LogP contribution in [0, 0.1) is 34.0 Å². The maximum absolute atomic E-state index is 13.6. The van der Waals surface area contributed by atoms with Gasteiger partial charge in [-0.15, -0.1) is 0 Å². The molecule has 448 valence electrons. The smallest absolute Gasteiger partial charge is 0.305 e. The second-order valence-electron chi connectivity index (χ2n) is 26.9. The van der Waals surface area contributed by atoms with Crippen LogP contribution in [0.1, 0.15) is 364 Å². The first-order valence-corrected chi connectivity index (χ1v) is 34.4. The van der Waals surface area contributed by atoms with Crippen LogP contribution in [0.25, 0.3) is 0 Å². The first-order chi connectivity index (χ1) is 36.9. The van der Waals surface area contributed by atoms with Crippen LogP contribution in [0.4, 0.5) is 0 Å². The van der Waals surface area contributed by atoms with Crippen molar-refractivity contribution >= 4 is 17.7 Å². The molecule has 6 heteroatoms. The van der Waals surface area contributed by atoms with Gasteiger partial charge < -0.3 is 14.4 Å². The fourth-order valence-corrected chi connectivity index (χ4v) is 14.9. The molecule has 0 aromatic heterocycles. The number of unbranched alkanes of at least 4 members (excludes halogenated alkanes) is 24. The van der Waals surface area contributed by atoms with Gasteiger partial charge in [-0.25, -0.2) is 0 Å². The van der Waals surface area contributed by atoms with E-state index in [2.05, 4.69) is 60.3 Å². The molecule has 6 nitrogen and oxygen atoms in total. The lowest BCUT2D eigenvalue weighted by atomic mass is 9.47. The summed E-state index contributed by atoms with van der Waals surface area (Å²) in [5.74, 6) is 2.32. The summed E-state index contributed by atoms with van der Waals surface area (Å²) in [5, 5.41) is 0. The number of ketones is 1. The molecular formula is C70H133NO5. The Morgan fingerprint density at radius 3 is 1.16 bits per heavy atom. The number of fused-ring (bicyclic) bond motifs is 2. The van der Waals surface area contributed by atoms with E-state index in [1.807, 2.05) is 0 Å². The van der Waals surface area contributed by atoms with Crippen LogP contribution in [0.15, 0.2) is 0 Å². The van der Waals surface area contributed by atoms with E-state index >= 15 is 0 Å². The molecule has 0 heterocycles. The third kappa shape index (κ3) is 35.3. The maximum atomic E-state index is 13.6. The quantitative estimate of drug-likeness (QED) is 0.0446. The van der Waals surface area contributed by atoms with Crippen LogP contribution < -0.4 is 0 Å². The van der Waals surface area contributed by atoms with Gasteiger partial charge in [0.1, 0.15) is 5.78 Å². The lowest BCUT2D eigenvalue weighted by molar-refractivity contribution is -0.147. The molecular weight excluding hydrogens is 935 g/mol. The normalized spacial score (nSPS) is 20.5. The minimum atomic E-state index is 0.00703. The standard InChI is InChI=1S/C70H133NO5/c1-9-15-19-23-27-31-35-41-62(42-36-32-28-24-20-16-10-2)47-49-66(73)75-55-52-69(8)58-64-57-68(7,51-39-45-65(72)46-40-54-71(13-5)14-6)60-70(59-64,61-69)53-56-76-67(74)50-48-63(43-37-33-29-25-21-17-11-3)44-38-34-30-26-22-18-12-4/h62-64H,9-61H2,1-8H3. The average Bonchev–Trinajstić information content (AvgIpc) is 3.41. The summed E-state index contributed by atoms with van der Waals surface area (Å²) < 4.78 is 12.4. The highest BCUT2D eigenvalue weighted by Crippen LogP contribution is 2.63. The van der Waals surface area contributed by atoms with Gasteiger partial charge in [0.2, 0.25) is 0 Å². The third-order valence-corrected chi connectivity index (χ3v) is 19.2. The van der Waals surface area contributed by atoms with Gasteiger partial charge in [-0.1, -0.05) is 261 Å². The van der Waals surface area contributed by atoms with Gasteiger partial charge in [-0.3, -0.25) is 14.4 Å². The van der Waals surface area contributed by atoms with E-state index in [9.17, 15) is 14.4 Å². The summed E-state index contributed by atoms with van der Waals surface area (Å²) in [6.45, 7) is 22.7. The van der Waals surface area contributed by atoms with Gasteiger partial charge in [0, 0.05) is 25.7 Å². The monoisotopic (exact) mass is 1070 g/mol. The molecule has 2 fully saturated rings. The maximum Gasteiger partial charge on any atom is 0.305 e. The van der Waals surface area contributed by atoms with Gasteiger partial charge in [0.05, 0.1) is 13.2 Å². The second-order valence-corrected chi connectivity index (χ2v) is 26.9. The molecule has 2 rings (SSSR count). The molecule has 2 saturated carbocycles. The zero-order chi connectivity index (χ0) is 55.4. The summed E-state index contributed by atoms with van der Waals surface area (Å²) in [7, 11) is 0. The number of hydrogen-bond acceptors (Lipinski definition) is 6. The number of nitrogens with zero attached hydrogens (tertiary/aromatic N) is 1. The van der Waals surface area contributed by atoms with Crippen LogP contribution >= 0.6 is 0 Å². The van der Waals surface area contributed by atoms with Crippen LogP contribution in [0.3, 0.4) is 0 Å². The molecule has 0 amide bonds. The fourth-order valence-electron chi connectivity index (χ4n) is 14.9. The number of ether oxygens (including phenoxy) is 2. The Bertz CT molecular complexity index is 1360. The zero-order valence-electron chi connectivity index (χ0n) is 52.7. The molecule has 2 aliphatic carbocycles. The van der Waals surface area contributed by atoms with Crippen LogP contribution in [-0.4, -0.2) is 55.5 Å². The molecule has 0 aromatic rings. The van der Waals surface area contributed by atoms with Gasteiger partial charge in [-0.05, 0) is 131 Å². The lowest BCUT2D eigenvalue weighted by Crippen LogP contribution is -2.48. The van der Waals surface area contributed by atoms with E-state index in [4.69, 9.17) is 9.47 Å². The second kappa shape index (κ2) is 45.2. The van der Waals surface area contributed by atoms with E-state index in [-0.39, 0.29) is 28.2 Å². The highest BCUT2D eigenvalue weighted by molar-refractivity contribution is 5.78. The van der Waals surface area contributed by atoms with E-state index in [1.165, 1.54) is 225 Å². The van der Waals surface area contributed by atoms with Gasteiger partial charge in [-0.2, -0.15) is 0 Å². The lowest BCUT2D eigenvalue weighted by Gasteiger charge is -2.58. The molecule has 4 unspecified atom stereocenters. The van der Waals surface area contributed by atoms with E-state index < -0.39 is 0 Å². The minimum absolute atomic E-state index is 0.00703. The predicted octanol–water partition coefficient (Wildman–Crippen LogP) is 21.7. The van der Waals surface area contributed by atoms with Crippen molar-refractivity contribution < 1.29 is 23.9 Å². The van der Waals surface area contributed by atoms with Crippen molar-refractivity contribution in [2.24, 2.45) is 34.0 Å². The van der Waals surface area contributed by atoms with E-state index in [0.717, 1.165) is 77.4 Å². The zero-order valence-corrected chi connectivity index (χ0v) is 52.7. The summed E-state index contributed by atoms with van der Waals surface area (Å²) in [6, 6.07) is 0. The SMILES string of the molecule is CCCCCCCCCC(CCCCCCCCC)CCC(=O)OCCC1(C)CC2CC(C)(CCCC(=O)CCCN(CC)CC)CC(CCOC(=O)CCC(CCCCCCCCC)CCCCCCCCC)(C2)C1. The molecule has 0 radical (unpaired) electrons. The number of Topliss-reactive ketones (excluding diaryl/α,β-unsaturated/α-hetero) is 1. The van der Waals surface area contributed by atoms with Crippen molar-refractivity contribution in [3.8, 4) is 0 Å². The van der Waals surface area contributed by atoms with Crippen molar-refractivity contribution in [3.05, 3.63) is 0 Å². The van der Waals surface area contributed by atoms with Crippen molar-refractivity contribution in [3.63, 3.8) is 0 Å². The van der Waals surface area contributed by atoms with Crippen LogP contribution in [-0.2, 0) is 23.9 Å². The molecule has 2 aliphatic rings. The topological polar surface area (TPSA) is 72.9 Å². The Hall–Kier alpha value is -1.43. The van der Waals surface area contributed by atoms with Crippen molar-refractivity contribution in [1.29, 1.82) is 0 Å². The highest BCUT2D eigenvalue weighted by atomic mass is 16.5. The van der Waals surface area contributed by atoms with Crippen molar-refractivity contribution in [2.45, 2.75) is 364 Å². The molecule has 0 aliphatic heterocycles. The largest absolute Gasteiger partial charge is 0.466 e. The molecule has 2 bridgehead atoms. The molecule has 0 saturated heterocycles. The Morgan fingerprint density at radius 1 is 0.408 bits per heavy atom. The molecule has 0 N–H and O–H groups in total. The van der Waals surface area contributed by atoms with Crippen molar-refractivity contribution in [2.75, 3.05) is 32.8 Å². The number of rotatable bonds is 54. The molecule has 0 spiro atoms. The van der Waals surface area contributed by atoms with Crippen molar-refractivity contribution in [1.82, 2.24) is 4.90 Å². The number of carbonyl (C=O) groups excluding carboxylic acids is 3. The van der Waals surface area contributed by atoms with Gasteiger partial charge in [0.15, 0.2) is 0 Å². The highest BCUT2D eigenvalue weighted by Gasteiger charge is 2.53. The Balaban J connectivity index is 2.06. The number of hydrogen-bond donors (Lipinski definition) is 0. The Labute approximate surface area is 474 Å². The predicted molar refractivity (Wildman–Crippen MR) is 328 cm³/mol. The summed E-state index contributed by atoms with van der Waals surface area (Å²) in [6.07, 6.45) is 57.8. The summed E-state index contributed by atoms with van der Waals surface area (Å²) >= 11 is 0. The van der Waals surface area contributed by atoms with E-state index in [1.54, 1.807) is 0 Å². The summed E-state index contributed by atoms with van der Waals surface area (Å²) in [5.41, 5.74) is 0.367. The molecule has 76 heavy (non-hydrogen) atoms. The fraction of sp³-hybridized carbons (Fsp3) is 0.957. The third-order valence-electron chi connectivity index (χ3n) is 19.2. The molecule has 4 atom stereocenters. The first-order valence-electron chi connectivity index (χ1n) is 34.4. The Morgan fingerprint density at radius 2 is 0.763 bits per heavy atom. The number of carbonyl (C=O) groups is 3. The number of esters is 2. The van der Waals surface area contributed by atoms with Crippen LogP contribution in [0.5, 0.6) is 0 Å². The Kier molecular flexibility index (Phi) is 42.0. The minimum Gasteiger partial charge on any atom is -0.466 e. The average molecular weight is 1070 g/mol. The van der Waals surface area contributed by atoms with E-state index in [0.29, 0.717) is 62.4 Å². The summed E-state index contributed by atoms with van der Waals surface area (Å²) in [4.78, 5) is 42.6. The first kappa shape index (κ1) is 70.7. The van der Waals surface area contributed by atoms with Crippen LogP contribution in [0.2, 0.25) is 0 Å². The van der Waals surface area contributed by atoms with Gasteiger partial charge >= 0.3 is 11.9 Å².